The monoisotopic (exact) mass is 516 g/mol. The number of methoxy groups -OCH3 is 2. The van der Waals surface area contributed by atoms with E-state index in [4.69, 9.17) is 9.47 Å². The molecule has 36 heavy (non-hydrogen) atoms. The number of carbonyl (C=O) groups excluding carboxylic acids is 2. The number of hydrogen-bond acceptors (Lipinski definition) is 6. The summed E-state index contributed by atoms with van der Waals surface area (Å²) in [6.07, 6.45) is 0. The topological polar surface area (TPSA) is 76.7 Å². The molecule has 0 aliphatic carbocycles. The molecule has 8 heteroatoms. The predicted molar refractivity (Wildman–Crippen MR) is 146 cm³/mol. The summed E-state index contributed by atoms with van der Waals surface area (Å²) < 4.78 is 10.4. The van der Waals surface area contributed by atoms with E-state index in [9.17, 15) is 9.59 Å². The average molecular weight is 517 g/mol. The molecule has 0 heterocycles. The van der Waals surface area contributed by atoms with Gasteiger partial charge in [-0.05, 0) is 60.7 Å². The third-order valence-electron chi connectivity index (χ3n) is 5.16. The van der Waals surface area contributed by atoms with Crippen molar-refractivity contribution in [1.82, 2.24) is 0 Å². The van der Waals surface area contributed by atoms with Crippen LogP contribution < -0.4 is 20.1 Å². The minimum atomic E-state index is -0.224. The normalized spacial score (nSPS) is 10.4. The number of anilines is 2. The molecule has 4 aromatic rings. The smallest absolute Gasteiger partial charge is 0.255 e. The fourth-order valence-corrected chi connectivity index (χ4v) is 5.57. The molecular formula is C28H24N2O4S2. The Bertz CT molecular complexity index is 1270. The fourth-order valence-electron chi connectivity index (χ4n) is 3.29. The van der Waals surface area contributed by atoms with Crippen molar-refractivity contribution >= 4 is 44.8 Å². The molecular weight excluding hydrogens is 492 g/mol. The number of ether oxygens (including phenoxy) is 2. The van der Waals surface area contributed by atoms with Crippen LogP contribution in [0.2, 0.25) is 0 Å². The number of carbonyl (C=O) groups is 2. The molecule has 0 unspecified atom stereocenters. The van der Waals surface area contributed by atoms with Crippen molar-refractivity contribution in [2.45, 2.75) is 9.79 Å². The van der Waals surface area contributed by atoms with Gasteiger partial charge in [-0.3, -0.25) is 9.59 Å². The highest BCUT2D eigenvalue weighted by Crippen LogP contribution is 2.43. The van der Waals surface area contributed by atoms with Crippen LogP contribution in [0.1, 0.15) is 20.7 Å². The first-order valence-electron chi connectivity index (χ1n) is 11.0. The average Bonchev–Trinajstić information content (AvgIpc) is 2.93. The van der Waals surface area contributed by atoms with Gasteiger partial charge in [-0.25, -0.2) is 0 Å². The van der Waals surface area contributed by atoms with Crippen LogP contribution in [0.25, 0.3) is 0 Å². The third kappa shape index (κ3) is 6.41. The van der Waals surface area contributed by atoms with E-state index in [0.29, 0.717) is 34.0 Å². The van der Waals surface area contributed by atoms with Gasteiger partial charge in [-0.2, -0.15) is 0 Å². The standard InChI is InChI=1S/C28H24N2O4S2/c1-33-21-11-7-9-19(17-21)27(31)29-23-13-3-5-15-25(23)35-36-26-16-6-4-14-24(26)30-28(32)20-10-8-12-22(18-20)34-2/h3-18H,1-2H3,(H,29,31)(H,30,32). The van der Waals surface area contributed by atoms with E-state index in [-0.39, 0.29) is 11.8 Å². The highest BCUT2D eigenvalue weighted by Gasteiger charge is 2.13. The molecule has 6 nitrogen and oxygen atoms in total. The molecule has 182 valence electrons. The number of amides is 2. The minimum Gasteiger partial charge on any atom is -0.497 e. The summed E-state index contributed by atoms with van der Waals surface area (Å²) in [6.45, 7) is 0. The van der Waals surface area contributed by atoms with Crippen LogP contribution in [0.4, 0.5) is 11.4 Å². The lowest BCUT2D eigenvalue weighted by molar-refractivity contribution is 0.101. The van der Waals surface area contributed by atoms with Crippen LogP contribution in [0.15, 0.2) is 107 Å². The van der Waals surface area contributed by atoms with Gasteiger partial charge in [0.1, 0.15) is 11.5 Å². The third-order valence-corrected chi connectivity index (χ3v) is 7.64. The van der Waals surface area contributed by atoms with Crippen LogP contribution >= 0.6 is 21.6 Å². The van der Waals surface area contributed by atoms with Gasteiger partial charge in [-0.15, -0.1) is 0 Å². The lowest BCUT2D eigenvalue weighted by Crippen LogP contribution is -2.12. The second kappa shape index (κ2) is 12.2. The summed E-state index contributed by atoms with van der Waals surface area (Å²) in [4.78, 5) is 27.4. The number of hydrogen-bond donors (Lipinski definition) is 2. The Morgan fingerprint density at radius 3 is 1.42 bits per heavy atom. The lowest BCUT2D eigenvalue weighted by atomic mass is 10.2. The minimum absolute atomic E-state index is 0.224. The second-order valence-electron chi connectivity index (χ2n) is 7.53. The molecule has 4 aromatic carbocycles. The van der Waals surface area contributed by atoms with Crippen molar-refractivity contribution in [3.8, 4) is 11.5 Å². The van der Waals surface area contributed by atoms with Gasteiger partial charge >= 0.3 is 0 Å². The second-order valence-corrected chi connectivity index (χ2v) is 9.74. The van der Waals surface area contributed by atoms with Crippen molar-refractivity contribution in [3.63, 3.8) is 0 Å². The SMILES string of the molecule is COc1cccc(C(=O)Nc2ccccc2SSc2ccccc2NC(=O)c2cccc(OC)c2)c1. The van der Waals surface area contributed by atoms with Crippen molar-refractivity contribution in [2.75, 3.05) is 24.9 Å². The molecule has 0 radical (unpaired) electrons. The number of benzene rings is 4. The van der Waals surface area contributed by atoms with Crippen LogP contribution in [-0.4, -0.2) is 26.0 Å². The molecule has 0 aliphatic rings. The van der Waals surface area contributed by atoms with E-state index in [2.05, 4.69) is 10.6 Å². The highest BCUT2D eigenvalue weighted by molar-refractivity contribution is 8.76. The van der Waals surface area contributed by atoms with Gasteiger partial charge in [0.05, 0.1) is 25.6 Å². The van der Waals surface area contributed by atoms with Gasteiger partial charge in [0.2, 0.25) is 0 Å². The van der Waals surface area contributed by atoms with Gasteiger partial charge in [0, 0.05) is 20.9 Å². The molecule has 2 N–H and O–H groups in total. The number of nitrogens with one attached hydrogen (secondary N) is 2. The molecule has 0 saturated heterocycles. The van der Waals surface area contributed by atoms with Crippen molar-refractivity contribution in [3.05, 3.63) is 108 Å². The molecule has 0 bridgehead atoms. The van der Waals surface area contributed by atoms with Crippen molar-refractivity contribution in [1.29, 1.82) is 0 Å². The molecule has 0 atom stereocenters. The van der Waals surface area contributed by atoms with E-state index >= 15 is 0 Å². The zero-order chi connectivity index (χ0) is 25.3. The Morgan fingerprint density at radius 1 is 0.583 bits per heavy atom. The maximum absolute atomic E-state index is 12.8. The molecule has 4 rings (SSSR count). The first-order chi connectivity index (χ1) is 17.6. The predicted octanol–water partition coefficient (Wildman–Crippen LogP) is 7.01. The highest BCUT2D eigenvalue weighted by atomic mass is 33.1. The number of rotatable bonds is 9. The van der Waals surface area contributed by atoms with Crippen molar-refractivity contribution < 1.29 is 19.1 Å². The van der Waals surface area contributed by atoms with Crippen LogP contribution in [0.3, 0.4) is 0 Å². The molecule has 0 aromatic heterocycles. The summed E-state index contributed by atoms with van der Waals surface area (Å²) in [5.41, 5.74) is 2.40. The Labute approximate surface area is 217 Å². The molecule has 0 spiro atoms. The summed E-state index contributed by atoms with van der Waals surface area (Å²) in [5, 5.41) is 5.97. The van der Waals surface area contributed by atoms with Crippen molar-refractivity contribution in [2.24, 2.45) is 0 Å². The molecule has 2 amide bonds. The Morgan fingerprint density at radius 2 is 1.00 bits per heavy atom. The Hall–Kier alpha value is -3.88. The molecule has 0 aliphatic heterocycles. The molecule has 0 fully saturated rings. The van der Waals surface area contributed by atoms with Gasteiger partial charge in [-0.1, -0.05) is 58.0 Å². The van der Waals surface area contributed by atoms with E-state index in [1.54, 1.807) is 62.8 Å². The van der Waals surface area contributed by atoms with Crippen LogP contribution in [0, 0.1) is 0 Å². The van der Waals surface area contributed by atoms with Crippen LogP contribution in [0.5, 0.6) is 11.5 Å². The first-order valence-corrected chi connectivity index (χ1v) is 13.2. The Balaban J connectivity index is 1.47. The van der Waals surface area contributed by atoms with Gasteiger partial charge in [0.25, 0.3) is 11.8 Å². The summed E-state index contributed by atoms with van der Waals surface area (Å²) >= 11 is 0. The quantitative estimate of drug-likeness (QED) is 0.233. The van der Waals surface area contributed by atoms with Gasteiger partial charge in [0.15, 0.2) is 0 Å². The zero-order valence-electron chi connectivity index (χ0n) is 19.7. The maximum Gasteiger partial charge on any atom is 0.255 e. The first kappa shape index (κ1) is 25.2. The van der Waals surface area contributed by atoms with E-state index < -0.39 is 0 Å². The van der Waals surface area contributed by atoms with Gasteiger partial charge < -0.3 is 20.1 Å². The maximum atomic E-state index is 12.8. The fraction of sp³-hybridized carbons (Fsp3) is 0.0714. The summed E-state index contributed by atoms with van der Waals surface area (Å²) in [6, 6.07) is 29.2. The lowest BCUT2D eigenvalue weighted by Gasteiger charge is -2.13. The van der Waals surface area contributed by atoms with Crippen LogP contribution in [-0.2, 0) is 0 Å². The Kier molecular flexibility index (Phi) is 8.54. The summed E-state index contributed by atoms with van der Waals surface area (Å²) in [7, 11) is 6.12. The van der Waals surface area contributed by atoms with E-state index in [1.165, 1.54) is 21.6 Å². The summed E-state index contributed by atoms with van der Waals surface area (Å²) in [5.74, 6) is 0.790. The zero-order valence-corrected chi connectivity index (χ0v) is 21.3. The van der Waals surface area contributed by atoms with E-state index in [1.807, 2.05) is 48.5 Å². The largest absolute Gasteiger partial charge is 0.497 e. The van der Waals surface area contributed by atoms with E-state index in [0.717, 1.165) is 9.79 Å². The molecule has 0 saturated carbocycles. The number of para-hydroxylation sites is 2.